The summed E-state index contributed by atoms with van der Waals surface area (Å²) in [6.07, 6.45) is 6.49. The number of hydrogen-bond acceptors (Lipinski definition) is 4. The van der Waals surface area contributed by atoms with Gasteiger partial charge in [-0.05, 0) is 49.3 Å². The molecule has 5 heteroatoms. The number of imidazole rings is 1. The Labute approximate surface area is 137 Å². The van der Waals surface area contributed by atoms with Gasteiger partial charge in [-0.1, -0.05) is 6.07 Å². The van der Waals surface area contributed by atoms with Crippen LogP contribution in [0.15, 0.2) is 24.5 Å². The van der Waals surface area contributed by atoms with Gasteiger partial charge in [0.05, 0.1) is 11.9 Å². The molecule has 1 unspecified atom stereocenters. The van der Waals surface area contributed by atoms with E-state index in [1.54, 1.807) is 0 Å². The molecule has 23 heavy (non-hydrogen) atoms. The zero-order valence-electron chi connectivity index (χ0n) is 13.9. The fraction of sp³-hybridized carbons (Fsp3) is 0.611. The SMILES string of the molecule is Cc1ccc2ncc(CN3CC(CN)C4(CCOCC4)C3)n2c1. The summed E-state index contributed by atoms with van der Waals surface area (Å²) in [7, 11) is 0. The number of hydrogen-bond donors (Lipinski definition) is 1. The van der Waals surface area contributed by atoms with E-state index in [-0.39, 0.29) is 0 Å². The number of ether oxygens (including phenoxy) is 1. The van der Waals surface area contributed by atoms with Gasteiger partial charge in [-0.3, -0.25) is 4.90 Å². The summed E-state index contributed by atoms with van der Waals surface area (Å²) >= 11 is 0. The van der Waals surface area contributed by atoms with E-state index >= 15 is 0 Å². The molecule has 0 aromatic carbocycles. The second-order valence-corrected chi connectivity index (χ2v) is 7.26. The molecule has 1 atom stereocenters. The van der Waals surface area contributed by atoms with Gasteiger partial charge in [-0.25, -0.2) is 4.98 Å². The van der Waals surface area contributed by atoms with Gasteiger partial charge in [-0.15, -0.1) is 0 Å². The molecule has 1 spiro atoms. The standard InChI is InChI=1S/C18H26N4O/c1-14-2-3-17-20-9-16(22(17)10-14)12-21-11-15(8-19)18(13-21)4-6-23-7-5-18/h2-3,9-10,15H,4-8,11-13,19H2,1H3. The van der Waals surface area contributed by atoms with Crippen LogP contribution in [0.25, 0.3) is 5.65 Å². The Morgan fingerprint density at radius 1 is 1.35 bits per heavy atom. The molecule has 0 saturated carbocycles. The number of nitrogens with two attached hydrogens (primary N) is 1. The molecule has 2 saturated heterocycles. The Kier molecular flexibility index (Phi) is 3.87. The topological polar surface area (TPSA) is 55.8 Å². The maximum absolute atomic E-state index is 6.10. The van der Waals surface area contributed by atoms with Crippen LogP contribution in [-0.4, -0.2) is 47.1 Å². The van der Waals surface area contributed by atoms with E-state index in [0.717, 1.165) is 57.9 Å². The van der Waals surface area contributed by atoms with Crippen LogP contribution in [0.2, 0.25) is 0 Å². The average molecular weight is 314 g/mol. The molecule has 2 aliphatic heterocycles. The van der Waals surface area contributed by atoms with Crippen LogP contribution in [0.3, 0.4) is 0 Å². The molecule has 124 valence electrons. The molecule has 0 bridgehead atoms. The predicted molar refractivity (Wildman–Crippen MR) is 90.2 cm³/mol. The van der Waals surface area contributed by atoms with Crippen LogP contribution in [-0.2, 0) is 11.3 Å². The van der Waals surface area contributed by atoms with Gasteiger partial charge in [0.1, 0.15) is 5.65 Å². The van der Waals surface area contributed by atoms with Crippen molar-refractivity contribution in [3.63, 3.8) is 0 Å². The summed E-state index contributed by atoms with van der Waals surface area (Å²) in [6.45, 7) is 7.86. The Balaban J connectivity index is 1.55. The number of rotatable bonds is 3. The lowest BCUT2D eigenvalue weighted by atomic mass is 9.72. The maximum Gasteiger partial charge on any atom is 0.136 e. The van der Waals surface area contributed by atoms with Gasteiger partial charge in [-0.2, -0.15) is 0 Å². The molecular weight excluding hydrogens is 288 g/mol. The second kappa shape index (κ2) is 5.89. The highest BCUT2D eigenvalue weighted by molar-refractivity contribution is 5.41. The van der Waals surface area contributed by atoms with E-state index in [1.165, 1.54) is 11.3 Å². The first-order valence-corrected chi connectivity index (χ1v) is 8.63. The van der Waals surface area contributed by atoms with Crippen molar-refractivity contribution in [2.45, 2.75) is 26.3 Å². The van der Waals surface area contributed by atoms with Crippen LogP contribution in [0.5, 0.6) is 0 Å². The number of aryl methyl sites for hydroxylation is 1. The van der Waals surface area contributed by atoms with E-state index in [4.69, 9.17) is 10.5 Å². The van der Waals surface area contributed by atoms with E-state index in [0.29, 0.717) is 11.3 Å². The van der Waals surface area contributed by atoms with Gasteiger partial charge in [0.25, 0.3) is 0 Å². The van der Waals surface area contributed by atoms with E-state index in [1.807, 2.05) is 6.20 Å². The molecule has 4 heterocycles. The maximum atomic E-state index is 6.10. The summed E-state index contributed by atoms with van der Waals surface area (Å²) in [5.74, 6) is 0.590. The number of aromatic nitrogens is 2. The minimum atomic E-state index is 0.364. The summed E-state index contributed by atoms with van der Waals surface area (Å²) < 4.78 is 7.81. The molecule has 4 rings (SSSR count). The summed E-state index contributed by atoms with van der Waals surface area (Å²) in [5, 5.41) is 0. The molecular formula is C18H26N4O. The highest BCUT2D eigenvalue weighted by Crippen LogP contribution is 2.44. The Bertz CT molecular complexity index is 689. The normalized spacial score (nSPS) is 24.7. The third-order valence-corrected chi connectivity index (χ3v) is 5.77. The summed E-state index contributed by atoms with van der Waals surface area (Å²) in [6, 6.07) is 4.20. The largest absolute Gasteiger partial charge is 0.381 e. The minimum Gasteiger partial charge on any atom is -0.381 e. The summed E-state index contributed by atoms with van der Waals surface area (Å²) in [4.78, 5) is 7.10. The molecule has 2 aromatic heterocycles. The zero-order chi connectivity index (χ0) is 15.9. The highest BCUT2D eigenvalue weighted by atomic mass is 16.5. The van der Waals surface area contributed by atoms with E-state index in [9.17, 15) is 0 Å². The number of nitrogens with zero attached hydrogens (tertiary/aromatic N) is 3. The fourth-order valence-corrected chi connectivity index (χ4v) is 4.42. The number of pyridine rings is 1. The quantitative estimate of drug-likeness (QED) is 0.939. The zero-order valence-corrected chi connectivity index (χ0v) is 13.9. The Hall–Kier alpha value is -1.43. The predicted octanol–water partition coefficient (Wildman–Crippen LogP) is 1.83. The van der Waals surface area contributed by atoms with Crippen molar-refractivity contribution in [1.29, 1.82) is 0 Å². The van der Waals surface area contributed by atoms with Crippen LogP contribution >= 0.6 is 0 Å². The van der Waals surface area contributed by atoms with Crippen LogP contribution in [0, 0.1) is 18.3 Å². The van der Waals surface area contributed by atoms with E-state index < -0.39 is 0 Å². The van der Waals surface area contributed by atoms with Crippen LogP contribution in [0.4, 0.5) is 0 Å². The fourth-order valence-electron chi connectivity index (χ4n) is 4.42. The Morgan fingerprint density at radius 3 is 2.96 bits per heavy atom. The van der Waals surface area contributed by atoms with Crippen molar-refractivity contribution < 1.29 is 4.74 Å². The van der Waals surface area contributed by atoms with Crippen molar-refractivity contribution in [2.75, 3.05) is 32.8 Å². The average Bonchev–Trinajstić information content (AvgIpc) is 3.10. The Morgan fingerprint density at radius 2 is 2.17 bits per heavy atom. The number of fused-ring (bicyclic) bond motifs is 1. The molecule has 2 fully saturated rings. The van der Waals surface area contributed by atoms with Crippen molar-refractivity contribution in [1.82, 2.24) is 14.3 Å². The molecule has 2 aromatic rings. The van der Waals surface area contributed by atoms with Crippen LogP contribution in [0.1, 0.15) is 24.1 Å². The van der Waals surface area contributed by atoms with Crippen molar-refractivity contribution in [2.24, 2.45) is 17.1 Å². The van der Waals surface area contributed by atoms with Gasteiger partial charge in [0.15, 0.2) is 0 Å². The third kappa shape index (κ3) is 2.67. The van der Waals surface area contributed by atoms with Gasteiger partial charge < -0.3 is 14.9 Å². The van der Waals surface area contributed by atoms with Gasteiger partial charge in [0.2, 0.25) is 0 Å². The monoisotopic (exact) mass is 314 g/mol. The molecule has 0 radical (unpaired) electrons. The second-order valence-electron chi connectivity index (χ2n) is 7.26. The first-order chi connectivity index (χ1) is 11.2. The molecule has 2 aliphatic rings. The first kappa shape index (κ1) is 15.1. The highest BCUT2D eigenvalue weighted by Gasteiger charge is 2.46. The van der Waals surface area contributed by atoms with Gasteiger partial charge >= 0.3 is 0 Å². The molecule has 0 amide bonds. The van der Waals surface area contributed by atoms with E-state index in [2.05, 4.69) is 39.5 Å². The minimum absolute atomic E-state index is 0.364. The third-order valence-electron chi connectivity index (χ3n) is 5.77. The van der Waals surface area contributed by atoms with Crippen molar-refractivity contribution in [3.8, 4) is 0 Å². The molecule has 5 nitrogen and oxygen atoms in total. The lowest BCUT2D eigenvalue weighted by molar-refractivity contribution is 0.000992. The van der Waals surface area contributed by atoms with Crippen molar-refractivity contribution >= 4 is 5.65 Å². The first-order valence-electron chi connectivity index (χ1n) is 8.63. The van der Waals surface area contributed by atoms with Gasteiger partial charge in [0, 0.05) is 39.0 Å². The smallest absolute Gasteiger partial charge is 0.136 e. The molecule has 0 aliphatic carbocycles. The summed E-state index contributed by atoms with van der Waals surface area (Å²) in [5.41, 5.74) is 10.0. The van der Waals surface area contributed by atoms with Crippen molar-refractivity contribution in [3.05, 3.63) is 35.8 Å². The number of likely N-dealkylation sites (tertiary alicyclic amines) is 1. The van der Waals surface area contributed by atoms with Crippen LogP contribution < -0.4 is 5.73 Å². The lowest BCUT2D eigenvalue weighted by Gasteiger charge is -2.37. The molecule has 2 N–H and O–H groups in total. The lowest BCUT2D eigenvalue weighted by Crippen LogP contribution is -2.39.